The number of aryl methyl sites for hydroxylation is 1. The third kappa shape index (κ3) is 2.07. The molecule has 2 heterocycles. The zero-order valence-electron chi connectivity index (χ0n) is 10.1. The van der Waals surface area contributed by atoms with Gasteiger partial charge in [0.1, 0.15) is 17.4 Å². The van der Waals surface area contributed by atoms with E-state index in [1.807, 2.05) is 42.6 Å². The molecule has 0 bridgehead atoms. The first kappa shape index (κ1) is 11.5. The lowest BCUT2D eigenvalue weighted by Gasteiger charge is -2.05. The lowest BCUT2D eigenvalue weighted by atomic mass is 10.1. The van der Waals surface area contributed by atoms with Crippen LogP contribution in [0.15, 0.2) is 45.5 Å². The van der Waals surface area contributed by atoms with Crippen LogP contribution in [-0.4, -0.2) is 5.11 Å². The molecular weight excluding hydrogens is 244 g/mol. The normalized spacial score (nSPS) is 13.0. The van der Waals surface area contributed by atoms with Crippen molar-refractivity contribution in [1.82, 2.24) is 0 Å². The summed E-state index contributed by atoms with van der Waals surface area (Å²) in [4.78, 5) is 0. The van der Waals surface area contributed by atoms with Crippen molar-refractivity contribution in [2.75, 3.05) is 0 Å². The van der Waals surface area contributed by atoms with E-state index < -0.39 is 6.10 Å². The number of hydrogen-bond donors (Lipinski definition) is 1. The van der Waals surface area contributed by atoms with Crippen LogP contribution in [0.2, 0.25) is 0 Å². The molecule has 3 rings (SSSR count). The molecule has 1 aromatic carbocycles. The Morgan fingerprint density at radius 1 is 1.33 bits per heavy atom. The highest BCUT2D eigenvalue weighted by Gasteiger charge is 2.15. The molecule has 92 valence electrons. The molecule has 1 unspecified atom stereocenters. The first-order chi connectivity index (χ1) is 8.74. The number of rotatable bonds is 3. The first-order valence-electron chi connectivity index (χ1n) is 5.92. The van der Waals surface area contributed by atoms with Gasteiger partial charge in [-0.3, -0.25) is 0 Å². The number of benzene rings is 1. The second-order valence-corrected chi connectivity index (χ2v) is 5.27. The van der Waals surface area contributed by atoms with Gasteiger partial charge in [-0.25, -0.2) is 0 Å². The Bertz CT molecular complexity index is 652. The minimum absolute atomic E-state index is 0.577. The number of fused-ring (bicyclic) bond motifs is 1. The predicted octanol–water partition coefficient (Wildman–Crippen LogP) is 4.08. The summed E-state index contributed by atoms with van der Waals surface area (Å²) in [6.07, 6.45) is 0.0222. The SMILES string of the molecule is Cc1cccc2cc(C(O)Cc3ccsc3)oc12. The summed E-state index contributed by atoms with van der Waals surface area (Å²) in [7, 11) is 0. The van der Waals surface area contributed by atoms with E-state index in [-0.39, 0.29) is 0 Å². The third-order valence-corrected chi connectivity index (χ3v) is 3.83. The Balaban J connectivity index is 1.92. The molecule has 0 aliphatic heterocycles. The molecular formula is C15H14O2S. The molecule has 0 aliphatic carbocycles. The van der Waals surface area contributed by atoms with E-state index >= 15 is 0 Å². The average molecular weight is 258 g/mol. The number of aliphatic hydroxyl groups excluding tert-OH is 1. The van der Waals surface area contributed by atoms with E-state index in [2.05, 4.69) is 5.38 Å². The average Bonchev–Trinajstić information content (AvgIpc) is 2.97. The topological polar surface area (TPSA) is 33.4 Å². The highest BCUT2D eigenvalue weighted by Crippen LogP contribution is 2.28. The van der Waals surface area contributed by atoms with Crippen molar-refractivity contribution < 1.29 is 9.52 Å². The summed E-state index contributed by atoms with van der Waals surface area (Å²) in [5, 5.41) is 15.3. The van der Waals surface area contributed by atoms with Crippen LogP contribution < -0.4 is 0 Å². The van der Waals surface area contributed by atoms with Crippen molar-refractivity contribution in [3.05, 3.63) is 58.0 Å². The summed E-state index contributed by atoms with van der Waals surface area (Å²) in [6, 6.07) is 9.98. The zero-order valence-corrected chi connectivity index (χ0v) is 10.9. The van der Waals surface area contributed by atoms with Crippen molar-refractivity contribution in [1.29, 1.82) is 0 Å². The van der Waals surface area contributed by atoms with E-state index in [1.54, 1.807) is 11.3 Å². The molecule has 1 N–H and O–H groups in total. The number of furan rings is 1. The van der Waals surface area contributed by atoms with Crippen LogP contribution in [0.5, 0.6) is 0 Å². The van der Waals surface area contributed by atoms with E-state index in [0.29, 0.717) is 12.2 Å². The Kier molecular flexibility index (Phi) is 2.94. The fourth-order valence-corrected chi connectivity index (χ4v) is 2.81. The minimum Gasteiger partial charge on any atom is -0.458 e. The van der Waals surface area contributed by atoms with E-state index in [4.69, 9.17) is 4.42 Å². The summed E-state index contributed by atoms with van der Waals surface area (Å²) in [5.74, 6) is 0.644. The summed E-state index contributed by atoms with van der Waals surface area (Å²) in [6.45, 7) is 2.01. The van der Waals surface area contributed by atoms with Gasteiger partial charge in [0, 0.05) is 11.8 Å². The van der Waals surface area contributed by atoms with Crippen molar-refractivity contribution in [3.8, 4) is 0 Å². The molecule has 0 aliphatic rings. The summed E-state index contributed by atoms with van der Waals surface area (Å²) >= 11 is 1.64. The van der Waals surface area contributed by atoms with E-state index in [1.165, 1.54) is 0 Å². The van der Waals surface area contributed by atoms with Gasteiger partial charge in [-0.15, -0.1) is 0 Å². The van der Waals surface area contributed by atoms with Crippen LogP contribution in [0.3, 0.4) is 0 Å². The maximum Gasteiger partial charge on any atom is 0.137 e. The fraction of sp³-hybridized carbons (Fsp3) is 0.200. The number of aliphatic hydroxyl groups is 1. The molecule has 3 heteroatoms. The molecule has 0 fully saturated rings. The number of para-hydroxylation sites is 1. The largest absolute Gasteiger partial charge is 0.458 e. The summed E-state index contributed by atoms with van der Waals surface area (Å²) in [5.41, 5.74) is 3.11. The first-order valence-corrected chi connectivity index (χ1v) is 6.86. The number of hydrogen-bond acceptors (Lipinski definition) is 3. The Morgan fingerprint density at radius 2 is 2.22 bits per heavy atom. The van der Waals surface area contributed by atoms with Crippen LogP contribution in [0.4, 0.5) is 0 Å². The monoisotopic (exact) mass is 258 g/mol. The molecule has 0 radical (unpaired) electrons. The van der Waals surface area contributed by atoms with Crippen LogP contribution in [-0.2, 0) is 6.42 Å². The quantitative estimate of drug-likeness (QED) is 0.768. The highest BCUT2D eigenvalue weighted by molar-refractivity contribution is 7.07. The van der Waals surface area contributed by atoms with Gasteiger partial charge in [0.05, 0.1) is 0 Å². The Labute approximate surface area is 109 Å². The van der Waals surface area contributed by atoms with Gasteiger partial charge in [0.25, 0.3) is 0 Å². The maximum atomic E-state index is 10.2. The van der Waals surface area contributed by atoms with Crippen LogP contribution in [0.25, 0.3) is 11.0 Å². The van der Waals surface area contributed by atoms with Gasteiger partial charge in [0.2, 0.25) is 0 Å². The molecule has 0 saturated heterocycles. The lowest BCUT2D eigenvalue weighted by molar-refractivity contribution is 0.152. The van der Waals surface area contributed by atoms with Gasteiger partial charge in [0.15, 0.2) is 0 Å². The maximum absolute atomic E-state index is 10.2. The van der Waals surface area contributed by atoms with Crippen LogP contribution in [0, 0.1) is 6.92 Å². The van der Waals surface area contributed by atoms with Crippen molar-refractivity contribution in [2.24, 2.45) is 0 Å². The van der Waals surface area contributed by atoms with Gasteiger partial charge >= 0.3 is 0 Å². The molecule has 2 nitrogen and oxygen atoms in total. The second kappa shape index (κ2) is 4.59. The van der Waals surface area contributed by atoms with Crippen molar-refractivity contribution in [3.63, 3.8) is 0 Å². The Morgan fingerprint density at radius 3 is 2.94 bits per heavy atom. The van der Waals surface area contributed by atoms with E-state index in [9.17, 15) is 5.11 Å². The standard InChI is InChI=1S/C15H14O2S/c1-10-3-2-4-12-8-14(17-15(10)12)13(16)7-11-5-6-18-9-11/h2-6,8-9,13,16H,7H2,1H3. The van der Waals surface area contributed by atoms with Gasteiger partial charge < -0.3 is 9.52 Å². The molecule has 0 spiro atoms. The smallest absolute Gasteiger partial charge is 0.137 e. The van der Waals surface area contributed by atoms with Crippen LogP contribution in [0.1, 0.15) is 23.0 Å². The molecule has 2 aromatic heterocycles. The molecule has 3 aromatic rings. The molecule has 0 saturated carbocycles. The highest BCUT2D eigenvalue weighted by atomic mass is 32.1. The number of thiophene rings is 1. The second-order valence-electron chi connectivity index (χ2n) is 4.49. The van der Waals surface area contributed by atoms with Crippen molar-refractivity contribution in [2.45, 2.75) is 19.4 Å². The van der Waals surface area contributed by atoms with Gasteiger partial charge in [-0.05, 0) is 40.9 Å². The Hall–Kier alpha value is -1.58. The van der Waals surface area contributed by atoms with E-state index in [0.717, 1.165) is 22.1 Å². The lowest BCUT2D eigenvalue weighted by Crippen LogP contribution is -1.98. The molecule has 18 heavy (non-hydrogen) atoms. The zero-order chi connectivity index (χ0) is 12.5. The molecule has 0 amide bonds. The van der Waals surface area contributed by atoms with Gasteiger partial charge in [-0.1, -0.05) is 18.2 Å². The third-order valence-electron chi connectivity index (χ3n) is 3.10. The predicted molar refractivity (Wildman–Crippen MR) is 73.9 cm³/mol. The van der Waals surface area contributed by atoms with Crippen molar-refractivity contribution >= 4 is 22.3 Å². The molecule has 1 atom stereocenters. The van der Waals surface area contributed by atoms with Gasteiger partial charge in [-0.2, -0.15) is 11.3 Å². The minimum atomic E-state index is -0.577. The summed E-state index contributed by atoms with van der Waals surface area (Å²) < 4.78 is 5.76. The van der Waals surface area contributed by atoms with Crippen LogP contribution >= 0.6 is 11.3 Å². The fourth-order valence-electron chi connectivity index (χ4n) is 2.13.